The van der Waals surface area contributed by atoms with Gasteiger partial charge in [-0.15, -0.1) is 0 Å². The number of carbonyl (C=O) groups excluding carboxylic acids is 1. The van der Waals surface area contributed by atoms with E-state index in [4.69, 9.17) is 9.94 Å². The summed E-state index contributed by atoms with van der Waals surface area (Å²) in [6.45, 7) is 0.0421. The lowest BCUT2D eigenvalue weighted by atomic mass is 10.1. The van der Waals surface area contributed by atoms with E-state index in [1.165, 1.54) is 6.07 Å². The van der Waals surface area contributed by atoms with Gasteiger partial charge >= 0.3 is 0 Å². The third kappa shape index (κ3) is 2.59. The minimum atomic E-state index is -0.766. The van der Waals surface area contributed by atoms with Crippen molar-refractivity contribution >= 4 is 5.91 Å². The van der Waals surface area contributed by atoms with Crippen LogP contribution in [-0.4, -0.2) is 35.3 Å². The third-order valence-electron chi connectivity index (χ3n) is 2.47. The second-order valence-electron chi connectivity index (χ2n) is 3.78. The fourth-order valence-corrected chi connectivity index (χ4v) is 1.59. The topological polar surface area (TPSA) is 49.8 Å². The Balaban J connectivity index is 2.08. The predicted molar refractivity (Wildman–Crippen MR) is 53.7 cm³/mol. The first-order valence-electron chi connectivity index (χ1n) is 5.12. The van der Waals surface area contributed by atoms with Crippen molar-refractivity contribution in [2.75, 3.05) is 13.2 Å². The highest BCUT2D eigenvalue weighted by molar-refractivity contribution is 5.78. The number of amides is 1. The first kappa shape index (κ1) is 11.9. The Morgan fingerprint density at radius 1 is 1.47 bits per heavy atom. The first-order chi connectivity index (χ1) is 8.08. The van der Waals surface area contributed by atoms with E-state index in [-0.39, 0.29) is 18.7 Å². The van der Waals surface area contributed by atoms with Gasteiger partial charge in [-0.05, 0) is 12.1 Å². The van der Waals surface area contributed by atoms with Crippen LogP contribution in [0.4, 0.5) is 8.78 Å². The van der Waals surface area contributed by atoms with Crippen LogP contribution in [0.3, 0.4) is 0 Å². The maximum Gasteiger partial charge on any atom is 0.250 e. The number of hydrogen-bond donors (Lipinski definition) is 1. The van der Waals surface area contributed by atoms with Crippen molar-refractivity contribution in [3.8, 4) is 0 Å². The molecule has 0 aliphatic carbocycles. The quantitative estimate of drug-likeness (QED) is 0.829. The maximum absolute atomic E-state index is 13.3. The molecule has 0 saturated carbocycles. The molecule has 0 bridgehead atoms. The van der Waals surface area contributed by atoms with E-state index in [2.05, 4.69) is 0 Å². The Hall–Kier alpha value is -1.53. The SMILES string of the molecule is O=C(Cc1c(F)cccc1F)N1C[C@H](O)CO1. The molecule has 1 aliphatic heterocycles. The number of β-amino-alcohol motifs (C(OH)–C–C–N with tert-alkyl or cyclic N) is 1. The number of aliphatic hydroxyl groups excluding tert-OH is 1. The minimum Gasteiger partial charge on any atom is -0.389 e. The van der Waals surface area contributed by atoms with Gasteiger partial charge < -0.3 is 5.11 Å². The number of hydroxylamine groups is 2. The van der Waals surface area contributed by atoms with Crippen molar-refractivity contribution in [3.05, 3.63) is 35.4 Å². The predicted octanol–water partition coefficient (Wildman–Crippen LogP) is 0.642. The highest BCUT2D eigenvalue weighted by atomic mass is 19.1. The van der Waals surface area contributed by atoms with E-state index in [0.717, 1.165) is 17.2 Å². The lowest BCUT2D eigenvalue weighted by Crippen LogP contribution is -2.30. The smallest absolute Gasteiger partial charge is 0.250 e. The molecule has 4 nitrogen and oxygen atoms in total. The van der Waals surface area contributed by atoms with Gasteiger partial charge in [-0.3, -0.25) is 9.63 Å². The largest absolute Gasteiger partial charge is 0.389 e. The molecule has 1 heterocycles. The molecular formula is C11H11F2NO3. The van der Waals surface area contributed by atoms with Crippen LogP contribution >= 0.6 is 0 Å². The van der Waals surface area contributed by atoms with Crippen molar-refractivity contribution in [2.45, 2.75) is 12.5 Å². The summed E-state index contributed by atoms with van der Waals surface area (Å²) >= 11 is 0. The van der Waals surface area contributed by atoms with Crippen LogP contribution in [0.25, 0.3) is 0 Å². The highest BCUT2D eigenvalue weighted by Crippen LogP contribution is 2.15. The lowest BCUT2D eigenvalue weighted by Gasteiger charge is -2.14. The van der Waals surface area contributed by atoms with Gasteiger partial charge in [0.05, 0.1) is 19.1 Å². The Morgan fingerprint density at radius 3 is 2.65 bits per heavy atom. The first-order valence-corrected chi connectivity index (χ1v) is 5.12. The van der Waals surface area contributed by atoms with Crippen LogP contribution in [0, 0.1) is 11.6 Å². The van der Waals surface area contributed by atoms with Crippen molar-refractivity contribution in [2.24, 2.45) is 0 Å². The van der Waals surface area contributed by atoms with E-state index in [1.807, 2.05) is 0 Å². The minimum absolute atomic E-state index is 0.0193. The van der Waals surface area contributed by atoms with Crippen LogP contribution < -0.4 is 0 Å². The Kier molecular flexibility index (Phi) is 3.35. The molecule has 6 heteroatoms. The molecule has 1 aliphatic rings. The Morgan fingerprint density at radius 2 is 2.12 bits per heavy atom. The van der Waals surface area contributed by atoms with Gasteiger partial charge in [0.25, 0.3) is 5.91 Å². The number of nitrogens with zero attached hydrogens (tertiary/aromatic N) is 1. The van der Waals surface area contributed by atoms with Gasteiger partial charge in [-0.25, -0.2) is 13.8 Å². The number of carbonyl (C=O) groups is 1. The van der Waals surface area contributed by atoms with Gasteiger partial charge in [-0.2, -0.15) is 0 Å². The molecule has 1 atom stereocenters. The highest BCUT2D eigenvalue weighted by Gasteiger charge is 2.27. The second-order valence-corrected chi connectivity index (χ2v) is 3.78. The summed E-state index contributed by atoms with van der Waals surface area (Å²) in [7, 11) is 0. The van der Waals surface area contributed by atoms with Crippen molar-refractivity contribution in [1.82, 2.24) is 5.06 Å². The average molecular weight is 243 g/mol. The standard InChI is InChI=1S/C11H11F2NO3/c12-9-2-1-3-10(13)8(9)4-11(16)14-5-7(15)6-17-14/h1-3,7,15H,4-6H2/t7-/m0/s1. The van der Waals surface area contributed by atoms with E-state index in [9.17, 15) is 13.6 Å². The maximum atomic E-state index is 13.3. The molecule has 0 spiro atoms. The van der Waals surface area contributed by atoms with Crippen LogP contribution in [-0.2, 0) is 16.1 Å². The van der Waals surface area contributed by atoms with Gasteiger partial charge in [0.1, 0.15) is 18.2 Å². The number of aliphatic hydroxyl groups is 1. The van der Waals surface area contributed by atoms with Crippen LogP contribution in [0.2, 0.25) is 0 Å². The number of rotatable bonds is 2. The molecule has 1 saturated heterocycles. The molecule has 1 aromatic carbocycles. The molecule has 0 unspecified atom stereocenters. The number of hydrogen-bond acceptors (Lipinski definition) is 3. The van der Waals surface area contributed by atoms with E-state index in [1.54, 1.807) is 0 Å². The molecule has 0 aromatic heterocycles. The van der Waals surface area contributed by atoms with Crippen molar-refractivity contribution < 1.29 is 23.5 Å². The number of halogens is 2. The summed E-state index contributed by atoms with van der Waals surface area (Å²) in [6, 6.07) is 3.41. The zero-order chi connectivity index (χ0) is 12.4. The normalized spacial score (nSPS) is 19.7. The van der Waals surface area contributed by atoms with Gasteiger partial charge in [0.2, 0.25) is 0 Å². The van der Waals surface area contributed by atoms with Gasteiger partial charge in [0.15, 0.2) is 0 Å². The van der Waals surface area contributed by atoms with Gasteiger partial charge in [-0.1, -0.05) is 6.07 Å². The molecule has 92 valence electrons. The summed E-state index contributed by atoms with van der Waals surface area (Å²) in [6.07, 6.45) is -1.17. The fraction of sp³-hybridized carbons (Fsp3) is 0.364. The van der Waals surface area contributed by atoms with E-state index in [0.29, 0.717) is 0 Å². The number of benzene rings is 1. The van der Waals surface area contributed by atoms with E-state index >= 15 is 0 Å². The Labute approximate surface area is 96.4 Å². The van der Waals surface area contributed by atoms with Crippen LogP contribution in [0.5, 0.6) is 0 Å². The molecule has 1 N–H and O–H groups in total. The summed E-state index contributed by atoms with van der Waals surface area (Å²) < 4.78 is 26.5. The van der Waals surface area contributed by atoms with Crippen molar-refractivity contribution in [3.63, 3.8) is 0 Å². The summed E-state index contributed by atoms with van der Waals surface area (Å²) in [5.41, 5.74) is -0.289. The summed E-state index contributed by atoms with van der Waals surface area (Å²) in [5.74, 6) is -2.11. The van der Waals surface area contributed by atoms with Crippen LogP contribution in [0.1, 0.15) is 5.56 Å². The molecule has 1 aromatic rings. The zero-order valence-corrected chi connectivity index (χ0v) is 8.90. The van der Waals surface area contributed by atoms with Crippen molar-refractivity contribution in [1.29, 1.82) is 0 Å². The zero-order valence-electron chi connectivity index (χ0n) is 8.90. The van der Waals surface area contributed by atoms with Gasteiger partial charge in [0, 0.05) is 5.56 Å². The summed E-state index contributed by atoms with van der Waals surface area (Å²) in [4.78, 5) is 16.5. The second kappa shape index (κ2) is 4.77. The lowest BCUT2D eigenvalue weighted by molar-refractivity contribution is -0.168. The molecule has 17 heavy (non-hydrogen) atoms. The Bertz CT molecular complexity index is 418. The van der Waals surface area contributed by atoms with Crippen LogP contribution in [0.15, 0.2) is 18.2 Å². The molecule has 1 amide bonds. The fourth-order valence-electron chi connectivity index (χ4n) is 1.59. The molecule has 2 rings (SSSR count). The summed E-state index contributed by atoms with van der Waals surface area (Å²) in [5, 5.41) is 10.1. The third-order valence-corrected chi connectivity index (χ3v) is 2.47. The molecule has 1 fully saturated rings. The molecular weight excluding hydrogens is 232 g/mol. The average Bonchev–Trinajstić information content (AvgIpc) is 2.70. The monoisotopic (exact) mass is 243 g/mol. The van der Waals surface area contributed by atoms with E-state index < -0.39 is 30.1 Å². The molecule has 0 radical (unpaired) electrons.